The molecule has 0 radical (unpaired) electrons. The van der Waals surface area contributed by atoms with Crippen LogP contribution in [0.25, 0.3) is 10.9 Å². The van der Waals surface area contributed by atoms with E-state index < -0.39 is 0 Å². The Morgan fingerprint density at radius 1 is 1.05 bits per heavy atom. The molecule has 1 heterocycles. The summed E-state index contributed by atoms with van der Waals surface area (Å²) in [6.45, 7) is 2.73. The van der Waals surface area contributed by atoms with Gasteiger partial charge in [-0.15, -0.1) is 0 Å². The van der Waals surface area contributed by atoms with Gasteiger partial charge in [0.15, 0.2) is 0 Å². The van der Waals surface area contributed by atoms with Crippen molar-refractivity contribution in [3.05, 3.63) is 54.3 Å². The molecule has 0 bridgehead atoms. The molecule has 0 atom stereocenters. The van der Waals surface area contributed by atoms with E-state index >= 15 is 0 Å². The van der Waals surface area contributed by atoms with E-state index in [1.165, 1.54) is 17.8 Å². The second-order valence-corrected chi connectivity index (χ2v) is 5.46. The molecule has 0 saturated carbocycles. The first kappa shape index (κ1) is 13.8. The molecule has 3 aromatic rings. The van der Waals surface area contributed by atoms with Crippen molar-refractivity contribution in [2.45, 2.75) is 16.8 Å². The molecule has 0 fully saturated rings. The zero-order valence-electron chi connectivity index (χ0n) is 11.5. The minimum Gasteiger partial charge on any atom is -0.354 e. The third kappa shape index (κ3) is 2.97. The van der Waals surface area contributed by atoms with Crippen molar-refractivity contribution < 1.29 is 4.39 Å². The zero-order chi connectivity index (χ0) is 14.7. The van der Waals surface area contributed by atoms with E-state index in [4.69, 9.17) is 0 Å². The van der Waals surface area contributed by atoms with Gasteiger partial charge in [-0.05, 0) is 25.1 Å². The lowest BCUT2D eigenvalue weighted by molar-refractivity contribution is 0.602. The molecule has 2 aromatic carbocycles. The second kappa shape index (κ2) is 6.10. The highest BCUT2D eigenvalue weighted by Gasteiger charge is 2.11. The molecule has 0 aliphatic rings. The SMILES string of the molecule is CCNc1nc(Sc2ccccc2F)c2ccccc2n1. The first-order valence-electron chi connectivity index (χ1n) is 6.71. The molecule has 0 spiro atoms. The van der Waals surface area contributed by atoms with Gasteiger partial charge in [-0.1, -0.05) is 42.1 Å². The van der Waals surface area contributed by atoms with Gasteiger partial charge in [0.25, 0.3) is 0 Å². The third-order valence-electron chi connectivity index (χ3n) is 2.95. The summed E-state index contributed by atoms with van der Waals surface area (Å²) in [5.74, 6) is 0.324. The van der Waals surface area contributed by atoms with Gasteiger partial charge < -0.3 is 5.32 Å². The lowest BCUT2D eigenvalue weighted by Crippen LogP contribution is -2.03. The van der Waals surface area contributed by atoms with Crippen LogP contribution in [0.3, 0.4) is 0 Å². The van der Waals surface area contributed by atoms with Crippen molar-refractivity contribution in [3.63, 3.8) is 0 Å². The number of rotatable bonds is 4. The number of benzene rings is 2. The van der Waals surface area contributed by atoms with Gasteiger partial charge in [-0.25, -0.2) is 14.4 Å². The van der Waals surface area contributed by atoms with Crippen LogP contribution in [-0.2, 0) is 0 Å². The Hall–Kier alpha value is -2.14. The molecule has 0 unspecified atom stereocenters. The van der Waals surface area contributed by atoms with Crippen LogP contribution in [0.1, 0.15) is 6.92 Å². The summed E-state index contributed by atoms with van der Waals surface area (Å²) in [6, 6.07) is 14.5. The Bertz CT molecular complexity index is 776. The highest BCUT2D eigenvalue weighted by Crippen LogP contribution is 2.33. The molecule has 0 saturated heterocycles. The number of anilines is 1. The standard InChI is InChI=1S/C16H14FN3S/c1-2-18-16-19-13-9-5-3-7-11(13)15(20-16)21-14-10-6-4-8-12(14)17/h3-10H,2H2,1H3,(H,18,19,20). The summed E-state index contributed by atoms with van der Waals surface area (Å²) >= 11 is 1.32. The molecule has 3 rings (SSSR count). The van der Waals surface area contributed by atoms with E-state index in [-0.39, 0.29) is 5.82 Å². The Balaban J connectivity index is 2.09. The number of hydrogen-bond acceptors (Lipinski definition) is 4. The number of fused-ring (bicyclic) bond motifs is 1. The van der Waals surface area contributed by atoms with Crippen LogP contribution in [0.2, 0.25) is 0 Å². The minimum absolute atomic E-state index is 0.241. The summed E-state index contributed by atoms with van der Waals surface area (Å²) in [5.41, 5.74) is 0.849. The summed E-state index contributed by atoms with van der Waals surface area (Å²) in [7, 11) is 0. The average molecular weight is 299 g/mol. The molecular formula is C16H14FN3S. The molecule has 106 valence electrons. The van der Waals surface area contributed by atoms with Crippen LogP contribution < -0.4 is 5.32 Å². The van der Waals surface area contributed by atoms with Crippen LogP contribution in [0.5, 0.6) is 0 Å². The quantitative estimate of drug-likeness (QED) is 0.727. The van der Waals surface area contributed by atoms with Gasteiger partial charge in [-0.3, -0.25) is 0 Å². The first-order valence-corrected chi connectivity index (χ1v) is 7.52. The molecule has 1 aromatic heterocycles. The van der Waals surface area contributed by atoms with Gasteiger partial charge >= 0.3 is 0 Å². The lowest BCUT2D eigenvalue weighted by Gasteiger charge is -2.09. The fourth-order valence-corrected chi connectivity index (χ4v) is 2.93. The van der Waals surface area contributed by atoms with E-state index in [0.29, 0.717) is 10.8 Å². The fraction of sp³-hybridized carbons (Fsp3) is 0.125. The maximum atomic E-state index is 13.8. The van der Waals surface area contributed by atoms with Crippen molar-refractivity contribution in [3.8, 4) is 0 Å². The van der Waals surface area contributed by atoms with Gasteiger partial charge in [0, 0.05) is 16.8 Å². The predicted octanol–water partition coefficient (Wildman–Crippen LogP) is 4.35. The molecule has 5 heteroatoms. The Kier molecular flexibility index (Phi) is 4.01. The zero-order valence-corrected chi connectivity index (χ0v) is 12.3. The maximum absolute atomic E-state index is 13.8. The lowest BCUT2D eigenvalue weighted by atomic mass is 10.2. The van der Waals surface area contributed by atoms with Crippen LogP contribution in [0, 0.1) is 5.82 Å². The molecule has 0 aliphatic heterocycles. The molecule has 1 N–H and O–H groups in total. The van der Waals surface area contributed by atoms with E-state index in [0.717, 1.165) is 22.5 Å². The van der Waals surface area contributed by atoms with Crippen LogP contribution in [0.4, 0.5) is 10.3 Å². The van der Waals surface area contributed by atoms with E-state index in [2.05, 4.69) is 15.3 Å². The number of nitrogens with zero attached hydrogens (tertiary/aromatic N) is 2. The third-order valence-corrected chi connectivity index (χ3v) is 4.00. The number of nitrogens with one attached hydrogen (secondary N) is 1. The van der Waals surface area contributed by atoms with Crippen molar-refractivity contribution in [2.75, 3.05) is 11.9 Å². The van der Waals surface area contributed by atoms with Gasteiger partial charge in [0.2, 0.25) is 5.95 Å². The number of hydrogen-bond donors (Lipinski definition) is 1. The number of aromatic nitrogens is 2. The van der Waals surface area contributed by atoms with Crippen molar-refractivity contribution in [1.29, 1.82) is 0 Å². The van der Waals surface area contributed by atoms with Crippen molar-refractivity contribution in [2.24, 2.45) is 0 Å². The van der Waals surface area contributed by atoms with Gasteiger partial charge in [0.05, 0.1) is 5.52 Å². The van der Waals surface area contributed by atoms with Crippen molar-refractivity contribution >= 4 is 28.6 Å². The van der Waals surface area contributed by atoms with Gasteiger partial charge in [0.1, 0.15) is 10.8 Å². The smallest absolute Gasteiger partial charge is 0.224 e. The maximum Gasteiger partial charge on any atom is 0.224 e. The Morgan fingerprint density at radius 2 is 1.81 bits per heavy atom. The average Bonchev–Trinajstić information content (AvgIpc) is 2.50. The van der Waals surface area contributed by atoms with E-state index in [1.807, 2.05) is 37.3 Å². The largest absolute Gasteiger partial charge is 0.354 e. The number of para-hydroxylation sites is 1. The normalized spacial score (nSPS) is 10.8. The molecule has 0 amide bonds. The predicted molar refractivity (Wildman–Crippen MR) is 84.2 cm³/mol. The Labute approximate surface area is 126 Å². The summed E-state index contributed by atoms with van der Waals surface area (Å²) in [5, 5.41) is 4.79. The van der Waals surface area contributed by atoms with E-state index in [9.17, 15) is 4.39 Å². The first-order chi connectivity index (χ1) is 10.3. The highest BCUT2D eigenvalue weighted by molar-refractivity contribution is 7.99. The second-order valence-electron chi connectivity index (χ2n) is 4.43. The van der Waals surface area contributed by atoms with Crippen molar-refractivity contribution in [1.82, 2.24) is 9.97 Å². The van der Waals surface area contributed by atoms with E-state index in [1.54, 1.807) is 12.1 Å². The topological polar surface area (TPSA) is 37.8 Å². The molecule has 3 nitrogen and oxygen atoms in total. The Morgan fingerprint density at radius 3 is 2.62 bits per heavy atom. The van der Waals surface area contributed by atoms with Crippen LogP contribution >= 0.6 is 11.8 Å². The summed E-state index contributed by atoms with van der Waals surface area (Å²) in [4.78, 5) is 9.52. The molecule has 21 heavy (non-hydrogen) atoms. The summed E-state index contributed by atoms with van der Waals surface area (Å²) < 4.78 is 13.8. The number of halogens is 1. The van der Waals surface area contributed by atoms with Crippen LogP contribution in [-0.4, -0.2) is 16.5 Å². The monoisotopic (exact) mass is 299 g/mol. The van der Waals surface area contributed by atoms with Crippen LogP contribution in [0.15, 0.2) is 58.5 Å². The molecular weight excluding hydrogens is 285 g/mol. The summed E-state index contributed by atoms with van der Waals surface area (Å²) in [6.07, 6.45) is 0. The van der Waals surface area contributed by atoms with Gasteiger partial charge in [-0.2, -0.15) is 0 Å². The fourth-order valence-electron chi connectivity index (χ4n) is 1.99. The minimum atomic E-state index is -0.241. The molecule has 0 aliphatic carbocycles. The highest BCUT2D eigenvalue weighted by atomic mass is 32.2.